The van der Waals surface area contributed by atoms with E-state index >= 15 is 0 Å². The number of nitrogens with two attached hydrogens (primary N) is 1. The normalized spacial score (nSPS) is 12.1. The minimum Gasteiger partial charge on any atom is -0.465 e. The van der Waals surface area contributed by atoms with Crippen LogP contribution < -0.4 is 5.73 Å². The van der Waals surface area contributed by atoms with E-state index < -0.39 is 6.04 Å². The lowest BCUT2D eigenvalue weighted by Crippen LogP contribution is -2.34. The van der Waals surface area contributed by atoms with E-state index in [0.717, 1.165) is 15.4 Å². The molecule has 0 saturated heterocycles. The van der Waals surface area contributed by atoms with E-state index in [2.05, 4.69) is 4.98 Å². The zero-order chi connectivity index (χ0) is 13.7. The van der Waals surface area contributed by atoms with Crippen LogP contribution in [0, 0.1) is 0 Å². The molecule has 0 aliphatic heterocycles. The van der Waals surface area contributed by atoms with Crippen molar-refractivity contribution in [3.05, 3.63) is 41.4 Å². The number of aromatic nitrogens is 1. The Morgan fingerprint density at radius 2 is 2.26 bits per heavy atom. The average Bonchev–Trinajstić information content (AvgIpc) is 2.88. The van der Waals surface area contributed by atoms with Crippen LogP contribution in [0.1, 0.15) is 11.8 Å². The molecule has 2 rings (SSSR count). The number of carbonyl (C=O) groups excluding carboxylic acids is 1. The first-order valence-electron chi connectivity index (χ1n) is 6.13. The molecular weight excluding hydrogens is 260 g/mol. The Balaban J connectivity index is 2.04. The van der Waals surface area contributed by atoms with Gasteiger partial charge in [-0.3, -0.25) is 9.78 Å². The van der Waals surface area contributed by atoms with E-state index in [1.807, 2.05) is 30.3 Å². The van der Waals surface area contributed by atoms with Gasteiger partial charge >= 0.3 is 5.97 Å². The minimum atomic E-state index is -0.602. The van der Waals surface area contributed by atoms with Gasteiger partial charge in [0.05, 0.1) is 17.2 Å². The molecule has 0 fully saturated rings. The molecule has 0 bridgehead atoms. The molecule has 0 aromatic carbocycles. The summed E-state index contributed by atoms with van der Waals surface area (Å²) in [5.41, 5.74) is 6.73. The van der Waals surface area contributed by atoms with Crippen LogP contribution in [-0.4, -0.2) is 23.6 Å². The van der Waals surface area contributed by atoms with Crippen LogP contribution in [-0.2, 0) is 16.0 Å². The average molecular weight is 276 g/mol. The van der Waals surface area contributed by atoms with Crippen molar-refractivity contribution in [2.45, 2.75) is 19.4 Å². The van der Waals surface area contributed by atoms with Crippen molar-refractivity contribution in [3.8, 4) is 10.6 Å². The lowest BCUT2D eigenvalue weighted by atomic mass is 10.2. The van der Waals surface area contributed by atoms with Gasteiger partial charge in [-0.25, -0.2) is 0 Å². The summed E-state index contributed by atoms with van der Waals surface area (Å²) in [5, 5.41) is 0. The SMILES string of the molecule is CCOC(=O)C(N)Cc1ccc(-c2ccccn2)s1. The van der Waals surface area contributed by atoms with Gasteiger partial charge in [-0.1, -0.05) is 6.07 Å². The number of thiophene rings is 1. The Bertz CT molecular complexity index is 539. The van der Waals surface area contributed by atoms with Gasteiger partial charge in [-0.2, -0.15) is 0 Å². The third-order valence-corrected chi connectivity index (χ3v) is 3.72. The molecule has 2 aromatic heterocycles. The summed E-state index contributed by atoms with van der Waals surface area (Å²) in [7, 11) is 0. The third kappa shape index (κ3) is 3.62. The molecule has 19 heavy (non-hydrogen) atoms. The number of rotatable bonds is 5. The predicted molar refractivity (Wildman–Crippen MR) is 75.9 cm³/mol. The van der Waals surface area contributed by atoms with Crippen molar-refractivity contribution < 1.29 is 9.53 Å². The van der Waals surface area contributed by atoms with E-state index in [4.69, 9.17) is 10.5 Å². The van der Waals surface area contributed by atoms with Crippen molar-refractivity contribution >= 4 is 17.3 Å². The highest BCUT2D eigenvalue weighted by atomic mass is 32.1. The van der Waals surface area contributed by atoms with Crippen LogP contribution >= 0.6 is 11.3 Å². The van der Waals surface area contributed by atoms with Crippen LogP contribution in [0.4, 0.5) is 0 Å². The van der Waals surface area contributed by atoms with Crippen molar-refractivity contribution in [1.82, 2.24) is 4.98 Å². The number of esters is 1. The number of carbonyl (C=O) groups is 1. The van der Waals surface area contributed by atoms with Gasteiger partial charge < -0.3 is 10.5 Å². The maximum absolute atomic E-state index is 11.5. The van der Waals surface area contributed by atoms with Gasteiger partial charge in [-0.15, -0.1) is 11.3 Å². The summed E-state index contributed by atoms with van der Waals surface area (Å²) in [6.45, 7) is 2.13. The lowest BCUT2D eigenvalue weighted by Gasteiger charge is -2.08. The third-order valence-electron chi connectivity index (χ3n) is 2.59. The standard InChI is InChI=1S/C14H16N2O2S/c1-2-18-14(17)11(15)9-10-6-7-13(19-10)12-5-3-4-8-16-12/h3-8,11H,2,9,15H2,1H3. The summed E-state index contributed by atoms with van der Waals surface area (Å²) >= 11 is 1.60. The molecule has 0 saturated carbocycles. The fraction of sp³-hybridized carbons (Fsp3) is 0.286. The molecule has 2 heterocycles. The molecule has 2 aromatic rings. The molecule has 0 aliphatic carbocycles. The highest BCUT2D eigenvalue weighted by Gasteiger charge is 2.16. The molecular formula is C14H16N2O2S. The zero-order valence-electron chi connectivity index (χ0n) is 10.7. The Labute approximate surface area is 116 Å². The van der Waals surface area contributed by atoms with Crippen molar-refractivity contribution in [2.24, 2.45) is 5.73 Å². The molecule has 0 aliphatic rings. The first-order valence-corrected chi connectivity index (χ1v) is 6.94. The van der Waals surface area contributed by atoms with E-state index in [-0.39, 0.29) is 5.97 Å². The number of nitrogens with zero attached hydrogens (tertiary/aromatic N) is 1. The van der Waals surface area contributed by atoms with Gasteiger partial charge in [-0.05, 0) is 31.2 Å². The summed E-state index contributed by atoms with van der Waals surface area (Å²) < 4.78 is 4.90. The summed E-state index contributed by atoms with van der Waals surface area (Å²) in [5.74, 6) is -0.352. The Kier molecular flexibility index (Phi) is 4.65. The summed E-state index contributed by atoms with van der Waals surface area (Å²) in [6.07, 6.45) is 2.26. The molecule has 1 atom stereocenters. The van der Waals surface area contributed by atoms with Gasteiger partial charge in [0.1, 0.15) is 6.04 Å². The van der Waals surface area contributed by atoms with E-state index in [9.17, 15) is 4.79 Å². The van der Waals surface area contributed by atoms with Crippen molar-refractivity contribution in [3.63, 3.8) is 0 Å². The second kappa shape index (κ2) is 6.45. The highest BCUT2D eigenvalue weighted by Crippen LogP contribution is 2.26. The van der Waals surface area contributed by atoms with Crippen LogP contribution in [0.25, 0.3) is 10.6 Å². The maximum atomic E-state index is 11.5. The Morgan fingerprint density at radius 3 is 2.95 bits per heavy atom. The van der Waals surface area contributed by atoms with Crippen LogP contribution in [0.5, 0.6) is 0 Å². The fourth-order valence-corrected chi connectivity index (χ4v) is 2.73. The fourth-order valence-electron chi connectivity index (χ4n) is 1.68. The quantitative estimate of drug-likeness (QED) is 0.851. The minimum absolute atomic E-state index is 0.352. The van der Waals surface area contributed by atoms with Crippen LogP contribution in [0.2, 0.25) is 0 Å². The number of hydrogen-bond acceptors (Lipinski definition) is 5. The van der Waals surface area contributed by atoms with Crippen molar-refractivity contribution in [1.29, 1.82) is 0 Å². The largest absolute Gasteiger partial charge is 0.465 e. The lowest BCUT2D eigenvalue weighted by molar-refractivity contribution is -0.144. The maximum Gasteiger partial charge on any atom is 0.323 e. The Hall–Kier alpha value is -1.72. The molecule has 2 N–H and O–H groups in total. The number of ether oxygens (including phenoxy) is 1. The predicted octanol–water partition coefficient (Wildman–Crippen LogP) is 2.24. The van der Waals surface area contributed by atoms with Crippen molar-refractivity contribution in [2.75, 3.05) is 6.61 Å². The van der Waals surface area contributed by atoms with E-state index in [1.54, 1.807) is 24.5 Å². The van der Waals surface area contributed by atoms with E-state index in [1.165, 1.54) is 0 Å². The first kappa shape index (κ1) is 13.7. The van der Waals surface area contributed by atoms with Gasteiger partial charge in [0.25, 0.3) is 0 Å². The zero-order valence-corrected chi connectivity index (χ0v) is 11.5. The van der Waals surface area contributed by atoms with Crippen LogP contribution in [0.15, 0.2) is 36.5 Å². The molecule has 1 unspecified atom stereocenters. The number of pyridine rings is 1. The van der Waals surface area contributed by atoms with Crippen LogP contribution in [0.3, 0.4) is 0 Å². The molecule has 0 radical (unpaired) electrons. The second-order valence-electron chi connectivity index (χ2n) is 4.04. The molecule has 0 spiro atoms. The first-order chi connectivity index (χ1) is 9.20. The number of hydrogen-bond donors (Lipinski definition) is 1. The topological polar surface area (TPSA) is 65.2 Å². The molecule has 5 heteroatoms. The van der Waals surface area contributed by atoms with Gasteiger partial charge in [0.2, 0.25) is 0 Å². The Morgan fingerprint density at radius 1 is 1.42 bits per heavy atom. The monoisotopic (exact) mass is 276 g/mol. The van der Waals surface area contributed by atoms with Gasteiger partial charge in [0, 0.05) is 17.5 Å². The van der Waals surface area contributed by atoms with E-state index in [0.29, 0.717) is 13.0 Å². The molecule has 0 amide bonds. The molecule has 4 nitrogen and oxygen atoms in total. The highest BCUT2D eigenvalue weighted by molar-refractivity contribution is 7.15. The second-order valence-corrected chi connectivity index (χ2v) is 5.21. The smallest absolute Gasteiger partial charge is 0.323 e. The summed E-state index contributed by atoms with van der Waals surface area (Å²) in [4.78, 5) is 17.9. The molecule has 100 valence electrons. The summed E-state index contributed by atoms with van der Waals surface area (Å²) in [6, 6.07) is 9.17. The van der Waals surface area contributed by atoms with Gasteiger partial charge in [0.15, 0.2) is 0 Å².